The number of aryl methyl sites for hydroxylation is 1. The molecule has 4 nitrogen and oxygen atoms in total. The zero-order valence-electron chi connectivity index (χ0n) is 12.3. The zero-order valence-corrected chi connectivity index (χ0v) is 12.3. The lowest BCUT2D eigenvalue weighted by Crippen LogP contribution is -2.17. The molecule has 3 rings (SSSR count). The summed E-state index contributed by atoms with van der Waals surface area (Å²) in [6.45, 7) is 6.30. The Bertz CT molecular complexity index is 687. The molecule has 20 heavy (non-hydrogen) atoms. The van der Waals surface area contributed by atoms with Gasteiger partial charge in [-0.05, 0) is 32.3 Å². The van der Waals surface area contributed by atoms with Gasteiger partial charge in [-0.2, -0.15) is 5.26 Å². The van der Waals surface area contributed by atoms with E-state index in [9.17, 15) is 0 Å². The van der Waals surface area contributed by atoms with E-state index in [0.717, 1.165) is 34.9 Å². The van der Waals surface area contributed by atoms with Crippen LogP contribution in [0, 0.1) is 24.2 Å². The predicted octanol–water partition coefficient (Wildman–Crippen LogP) is 3.53. The maximum Gasteiger partial charge on any atom is 0.160 e. The van der Waals surface area contributed by atoms with E-state index in [2.05, 4.69) is 29.5 Å². The third-order valence-electron chi connectivity index (χ3n) is 4.37. The molecule has 0 N–H and O–H groups in total. The Balaban J connectivity index is 2.15. The van der Waals surface area contributed by atoms with Gasteiger partial charge in [-0.15, -0.1) is 0 Å². The second kappa shape index (κ2) is 4.90. The first-order valence-electron chi connectivity index (χ1n) is 7.38. The van der Waals surface area contributed by atoms with Gasteiger partial charge in [-0.1, -0.05) is 19.3 Å². The molecule has 0 spiro atoms. The molecule has 4 heteroatoms. The van der Waals surface area contributed by atoms with Gasteiger partial charge >= 0.3 is 0 Å². The van der Waals surface area contributed by atoms with E-state index in [1.54, 1.807) is 6.20 Å². The number of nitriles is 1. The fourth-order valence-corrected chi connectivity index (χ4v) is 2.95. The number of nitrogens with zero attached hydrogens (tertiary/aromatic N) is 4. The SMILES string of the molecule is Cc1c(C#N)cnc2c1nc(CC1CCC1)n2C(C)C. The van der Waals surface area contributed by atoms with Crippen LogP contribution in [-0.2, 0) is 6.42 Å². The summed E-state index contributed by atoms with van der Waals surface area (Å²) in [6.07, 6.45) is 6.69. The summed E-state index contributed by atoms with van der Waals surface area (Å²) in [5, 5.41) is 9.13. The van der Waals surface area contributed by atoms with Crippen molar-refractivity contribution < 1.29 is 0 Å². The molecule has 104 valence electrons. The van der Waals surface area contributed by atoms with E-state index >= 15 is 0 Å². The summed E-state index contributed by atoms with van der Waals surface area (Å²) >= 11 is 0. The van der Waals surface area contributed by atoms with Crippen molar-refractivity contribution in [2.24, 2.45) is 5.92 Å². The van der Waals surface area contributed by atoms with E-state index < -0.39 is 0 Å². The summed E-state index contributed by atoms with van der Waals surface area (Å²) < 4.78 is 2.24. The lowest BCUT2D eigenvalue weighted by atomic mass is 9.83. The van der Waals surface area contributed by atoms with Crippen molar-refractivity contribution >= 4 is 11.2 Å². The number of hydrogen-bond donors (Lipinski definition) is 0. The third kappa shape index (κ3) is 1.98. The predicted molar refractivity (Wildman–Crippen MR) is 78.4 cm³/mol. The Morgan fingerprint density at radius 1 is 1.45 bits per heavy atom. The molecule has 1 aliphatic carbocycles. The molecule has 0 radical (unpaired) electrons. The standard InChI is InChI=1S/C16H20N4/c1-10(2)20-14(7-12-5-4-6-12)19-15-11(3)13(8-17)9-18-16(15)20/h9-10,12H,4-7H2,1-3H3. The Labute approximate surface area is 119 Å². The molecule has 1 saturated carbocycles. The fourth-order valence-electron chi connectivity index (χ4n) is 2.95. The van der Waals surface area contributed by atoms with Crippen molar-refractivity contribution in [1.29, 1.82) is 5.26 Å². The average Bonchev–Trinajstić information content (AvgIpc) is 2.73. The maximum absolute atomic E-state index is 9.13. The third-order valence-corrected chi connectivity index (χ3v) is 4.37. The van der Waals surface area contributed by atoms with Crippen molar-refractivity contribution in [3.8, 4) is 6.07 Å². The number of aromatic nitrogens is 3. The van der Waals surface area contributed by atoms with Crippen LogP contribution >= 0.6 is 0 Å². The molecular weight excluding hydrogens is 248 g/mol. The molecule has 0 unspecified atom stereocenters. The normalized spacial score (nSPS) is 15.6. The first kappa shape index (κ1) is 13.1. The first-order valence-corrected chi connectivity index (χ1v) is 7.38. The van der Waals surface area contributed by atoms with Gasteiger partial charge in [0.25, 0.3) is 0 Å². The summed E-state index contributed by atoms with van der Waals surface area (Å²) in [7, 11) is 0. The molecule has 2 aromatic rings. The minimum atomic E-state index is 0.343. The van der Waals surface area contributed by atoms with Crippen molar-refractivity contribution in [3.05, 3.63) is 23.1 Å². The number of rotatable bonds is 3. The first-order chi connectivity index (χ1) is 9.61. The molecular formula is C16H20N4. The highest BCUT2D eigenvalue weighted by Gasteiger charge is 2.23. The number of fused-ring (bicyclic) bond motifs is 1. The highest BCUT2D eigenvalue weighted by Crippen LogP contribution is 2.32. The van der Waals surface area contributed by atoms with Gasteiger partial charge in [0.1, 0.15) is 17.4 Å². The van der Waals surface area contributed by atoms with Crippen LogP contribution in [0.3, 0.4) is 0 Å². The van der Waals surface area contributed by atoms with Gasteiger partial charge in [-0.3, -0.25) is 0 Å². The van der Waals surface area contributed by atoms with Crippen LogP contribution in [0.15, 0.2) is 6.20 Å². The fraction of sp³-hybridized carbons (Fsp3) is 0.562. The maximum atomic E-state index is 9.13. The van der Waals surface area contributed by atoms with Crippen LogP contribution in [0.25, 0.3) is 11.2 Å². The quantitative estimate of drug-likeness (QED) is 0.855. The highest BCUT2D eigenvalue weighted by atomic mass is 15.1. The van der Waals surface area contributed by atoms with Gasteiger partial charge in [0.15, 0.2) is 5.65 Å². The van der Waals surface area contributed by atoms with E-state index in [0.29, 0.717) is 11.6 Å². The number of pyridine rings is 1. The summed E-state index contributed by atoms with van der Waals surface area (Å²) in [5.74, 6) is 1.91. The van der Waals surface area contributed by atoms with Crippen LogP contribution in [0.4, 0.5) is 0 Å². The topological polar surface area (TPSA) is 54.5 Å². The van der Waals surface area contributed by atoms with Gasteiger partial charge in [0.2, 0.25) is 0 Å². The largest absolute Gasteiger partial charge is 0.310 e. The molecule has 0 aromatic carbocycles. The van der Waals surface area contributed by atoms with Crippen molar-refractivity contribution in [1.82, 2.24) is 14.5 Å². The summed E-state index contributed by atoms with van der Waals surface area (Å²) in [5.41, 5.74) is 3.39. The monoisotopic (exact) mass is 268 g/mol. The minimum absolute atomic E-state index is 0.343. The molecule has 0 aliphatic heterocycles. The van der Waals surface area contributed by atoms with Gasteiger partial charge in [0, 0.05) is 18.7 Å². The Morgan fingerprint density at radius 2 is 2.20 bits per heavy atom. The molecule has 1 fully saturated rings. The van der Waals surface area contributed by atoms with E-state index in [1.807, 2.05) is 6.92 Å². The summed E-state index contributed by atoms with van der Waals surface area (Å²) in [4.78, 5) is 9.30. The van der Waals surface area contributed by atoms with Crippen molar-refractivity contribution in [3.63, 3.8) is 0 Å². The Morgan fingerprint density at radius 3 is 2.75 bits per heavy atom. The highest BCUT2D eigenvalue weighted by molar-refractivity contribution is 5.77. The van der Waals surface area contributed by atoms with Gasteiger partial charge in [-0.25, -0.2) is 9.97 Å². The number of hydrogen-bond acceptors (Lipinski definition) is 3. The molecule has 0 bridgehead atoms. The van der Waals surface area contributed by atoms with E-state index in [4.69, 9.17) is 10.2 Å². The molecule has 2 aromatic heterocycles. The average molecular weight is 268 g/mol. The second-order valence-electron chi connectivity index (χ2n) is 6.07. The Hall–Kier alpha value is -1.89. The lowest BCUT2D eigenvalue weighted by Gasteiger charge is -2.25. The van der Waals surface area contributed by atoms with E-state index in [-0.39, 0.29) is 0 Å². The lowest BCUT2D eigenvalue weighted by molar-refractivity contribution is 0.304. The van der Waals surface area contributed by atoms with Crippen LogP contribution in [0.1, 0.15) is 56.1 Å². The summed E-state index contributed by atoms with van der Waals surface area (Å²) in [6, 6.07) is 2.54. The van der Waals surface area contributed by atoms with Gasteiger partial charge < -0.3 is 4.57 Å². The molecule has 0 amide bonds. The van der Waals surface area contributed by atoms with E-state index in [1.165, 1.54) is 19.3 Å². The molecule has 1 aliphatic rings. The van der Waals surface area contributed by atoms with Gasteiger partial charge in [0.05, 0.1) is 5.56 Å². The van der Waals surface area contributed by atoms with Crippen molar-refractivity contribution in [2.45, 2.75) is 52.5 Å². The van der Waals surface area contributed by atoms with Crippen LogP contribution in [-0.4, -0.2) is 14.5 Å². The number of imidazole rings is 1. The van der Waals surface area contributed by atoms with Crippen LogP contribution in [0.5, 0.6) is 0 Å². The minimum Gasteiger partial charge on any atom is -0.310 e. The smallest absolute Gasteiger partial charge is 0.160 e. The molecule has 0 atom stereocenters. The zero-order chi connectivity index (χ0) is 14.3. The molecule has 0 saturated heterocycles. The van der Waals surface area contributed by atoms with Crippen LogP contribution in [0.2, 0.25) is 0 Å². The second-order valence-corrected chi connectivity index (χ2v) is 6.07. The molecule has 2 heterocycles. The van der Waals surface area contributed by atoms with Crippen molar-refractivity contribution in [2.75, 3.05) is 0 Å². The Kier molecular flexibility index (Phi) is 3.21. The van der Waals surface area contributed by atoms with Crippen LogP contribution < -0.4 is 0 Å².